The van der Waals surface area contributed by atoms with E-state index >= 15 is 0 Å². The van der Waals surface area contributed by atoms with Gasteiger partial charge in [-0.1, -0.05) is 89.1 Å². The van der Waals surface area contributed by atoms with Crippen molar-refractivity contribution in [2.45, 2.75) is 81.6 Å². The summed E-state index contributed by atoms with van der Waals surface area (Å²) in [6, 6.07) is 22.5. The molecule has 1 aromatic heterocycles. The Labute approximate surface area is 226 Å². The second kappa shape index (κ2) is 17.8. The minimum Gasteiger partial charge on any atom is -0.372 e. The van der Waals surface area contributed by atoms with Crippen LogP contribution >= 0.6 is 11.3 Å². The van der Waals surface area contributed by atoms with E-state index < -0.39 is 0 Å². The van der Waals surface area contributed by atoms with Gasteiger partial charge in [0.2, 0.25) is 0 Å². The molecule has 196 valence electrons. The summed E-state index contributed by atoms with van der Waals surface area (Å²) in [5, 5.41) is 0. The highest BCUT2D eigenvalue weighted by Crippen LogP contribution is 2.33. The first kappa shape index (κ1) is 31.4. The molecule has 0 saturated carbocycles. The predicted molar refractivity (Wildman–Crippen MR) is 168 cm³/mol. The lowest BCUT2D eigenvalue weighted by Gasteiger charge is -2.21. The monoisotopic (exact) mass is 503 g/mol. The first-order chi connectivity index (χ1) is 17.5. The average Bonchev–Trinajstić information content (AvgIpc) is 3.39. The van der Waals surface area contributed by atoms with Gasteiger partial charge in [-0.15, -0.1) is 11.3 Å². The molecule has 0 saturated heterocycles. The Hall–Kier alpha value is -2.58. The molecule has 1 nitrogen and oxygen atoms in total. The molecule has 2 aromatic carbocycles. The molecule has 0 aliphatic rings. The van der Waals surface area contributed by atoms with E-state index in [0.717, 1.165) is 13.1 Å². The van der Waals surface area contributed by atoms with Crippen LogP contribution in [0, 0.1) is 0 Å². The minimum atomic E-state index is 1.04. The number of nitrogens with zero attached hydrogens (tertiary/aromatic N) is 1. The van der Waals surface area contributed by atoms with Crippen LogP contribution in [0.2, 0.25) is 0 Å². The lowest BCUT2D eigenvalue weighted by molar-refractivity contribution is 0.795. The van der Waals surface area contributed by atoms with Gasteiger partial charge < -0.3 is 4.90 Å². The molecule has 0 amide bonds. The second-order valence-corrected chi connectivity index (χ2v) is 9.59. The molecule has 0 bridgehead atoms. The molecule has 2 heteroatoms. The van der Waals surface area contributed by atoms with Crippen LogP contribution in [-0.4, -0.2) is 13.1 Å². The van der Waals surface area contributed by atoms with E-state index in [9.17, 15) is 0 Å². The molecule has 0 radical (unpaired) electrons. The van der Waals surface area contributed by atoms with E-state index in [1.807, 2.05) is 39.0 Å². The van der Waals surface area contributed by atoms with Crippen LogP contribution in [0.5, 0.6) is 0 Å². The number of rotatable bonds is 10. The molecular formula is C34H49NS. The zero-order valence-electron chi connectivity index (χ0n) is 24.3. The van der Waals surface area contributed by atoms with Crippen molar-refractivity contribution in [3.63, 3.8) is 0 Å². The van der Waals surface area contributed by atoms with Crippen molar-refractivity contribution in [2.75, 3.05) is 18.0 Å². The highest BCUT2D eigenvalue weighted by Gasteiger charge is 2.11. The molecule has 3 aromatic rings. The minimum absolute atomic E-state index is 1.04. The van der Waals surface area contributed by atoms with Crippen LogP contribution in [0.1, 0.15) is 102 Å². The van der Waals surface area contributed by atoms with Gasteiger partial charge in [0.25, 0.3) is 0 Å². The third-order valence-corrected chi connectivity index (χ3v) is 6.96. The summed E-state index contributed by atoms with van der Waals surface area (Å²) in [6.45, 7) is 21.2. The SMILES string of the molecule is CC.CC.CCCCc1ccc(/C=C/c2ccc(C(=C(C)C)c3ccc(N(CC)CC)cc3)s2)cc1. The van der Waals surface area contributed by atoms with E-state index in [1.54, 1.807) is 0 Å². The van der Waals surface area contributed by atoms with Crippen LogP contribution in [0.3, 0.4) is 0 Å². The Balaban J connectivity index is 0.00000154. The van der Waals surface area contributed by atoms with E-state index in [2.05, 4.69) is 112 Å². The Bertz CT molecular complexity index is 1030. The first-order valence-corrected chi connectivity index (χ1v) is 14.8. The van der Waals surface area contributed by atoms with Gasteiger partial charge in [0.1, 0.15) is 0 Å². The molecule has 1 heterocycles. The third kappa shape index (κ3) is 9.47. The zero-order valence-corrected chi connectivity index (χ0v) is 25.1. The number of allylic oxidation sites excluding steroid dienone is 1. The fraction of sp³-hybridized carbons (Fsp3) is 0.412. The molecular weight excluding hydrogens is 454 g/mol. The van der Waals surface area contributed by atoms with Crippen molar-refractivity contribution in [3.8, 4) is 0 Å². The summed E-state index contributed by atoms with van der Waals surface area (Å²) in [5.41, 5.74) is 7.97. The standard InChI is InChI=1S/C30H37NS.2C2H6/c1-6-9-10-24-11-13-25(14-12-24)15-20-28-21-22-29(32-28)30(23(4)5)26-16-18-27(19-17-26)31(7-2)8-3;2*1-2/h11-22H,6-10H2,1-5H3;2*1-2H3/b20-15+;;. The summed E-state index contributed by atoms with van der Waals surface area (Å²) in [7, 11) is 0. The largest absolute Gasteiger partial charge is 0.372 e. The highest BCUT2D eigenvalue weighted by atomic mass is 32.1. The van der Waals surface area contributed by atoms with Crippen molar-refractivity contribution in [3.05, 3.63) is 92.7 Å². The molecule has 0 N–H and O–H groups in total. The smallest absolute Gasteiger partial charge is 0.0366 e. The quantitative estimate of drug-likeness (QED) is 0.266. The Kier molecular flexibility index (Phi) is 15.5. The average molecular weight is 504 g/mol. The van der Waals surface area contributed by atoms with Crippen molar-refractivity contribution in [1.29, 1.82) is 0 Å². The molecule has 0 spiro atoms. The number of thiophene rings is 1. The van der Waals surface area contributed by atoms with Gasteiger partial charge >= 0.3 is 0 Å². The van der Waals surface area contributed by atoms with Gasteiger partial charge in [-0.3, -0.25) is 0 Å². The van der Waals surface area contributed by atoms with E-state index in [1.165, 1.54) is 62.5 Å². The summed E-state index contributed by atoms with van der Waals surface area (Å²) in [5.74, 6) is 0. The van der Waals surface area contributed by atoms with Crippen molar-refractivity contribution >= 4 is 34.7 Å². The van der Waals surface area contributed by atoms with Gasteiger partial charge in [-0.25, -0.2) is 0 Å². The van der Waals surface area contributed by atoms with Gasteiger partial charge in [0.05, 0.1) is 0 Å². The van der Waals surface area contributed by atoms with Crippen LogP contribution in [0.4, 0.5) is 5.69 Å². The van der Waals surface area contributed by atoms with Gasteiger partial charge in [-0.2, -0.15) is 0 Å². The highest BCUT2D eigenvalue weighted by molar-refractivity contribution is 7.14. The second-order valence-electron chi connectivity index (χ2n) is 8.47. The Morgan fingerprint density at radius 1 is 0.750 bits per heavy atom. The molecule has 0 atom stereocenters. The fourth-order valence-electron chi connectivity index (χ4n) is 4.04. The lowest BCUT2D eigenvalue weighted by atomic mass is 9.99. The molecule has 0 aliphatic carbocycles. The molecule has 0 unspecified atom stereocenters. The predicted octanol–water partition coefficient (Wildman–Crippen LogP) is 11.0. The summed E-state index contributed by atoms with van der Waals surface area (Å²) in [4.78, 5) is 5.00. The van der Waals surface area contributed by atoms with Gasteiger partial charge in [0.15, 0.2) is 0 Å². The molecule has 36 heavy (non-hydrogen) atoms. The van der Waals surface area contributed by atoms with E-state index in [-0.39, 0.29) is 0 Å². The molecule has 0 fully saturated rings. The maximum atomic E-state index is 2.39. The topological polar surface area (TPSA) is 3.24 Å². The third-order valence-electron chi connectivity index (χ3n) is 5.90. The Morgan fingerprint density at radius 3 is 1.89 bits per heavy atom. The van der Waals surface area contributed by atoms with Crippen molar-refractivity contribution in [2.24, 2.45) is 0 Å². The number of hydrogen-bond donors (Lipinski definition) is 0. The number of benzene rings is 2. The maximum Gasteiger partial charge on any atom is 0.0366 e. The van der Waals surface area contributed by atoms with Crippen LogP contribution in [0.25, 0.3) is 17.7 Å². The van der Waals surface area contributed by atoms with E-state index in [4.69, 9.17) is 0 Å². The first-order valence-electron chi connectivity index (χ1n) is 14.0. The fourth-order valence-corrected chi connectivity index (χ4v) is 5.12. The summed E-state index contributed by atoms with van der Waals surface area (Å²) >= 11 is 1.86. The normalized spacial score (nSPS) is 10.2. The Morgan fingerprint density at radius 2 is 1.36 bits per heavy atom. The van der Waals surface area contributed by atoms with Crippen molar-refractivity contribution < 1.29 is 0 Å². The summed E-state index contributed by atoms with van der Waals surface area (Å²) in [6.07, 6.45) is 8.14. The van der Waals surface area contributed by atoms with Crippen LogP contribution in [0.15, 0.2) is 66.2 Å². The lowest BCUT2D eigenvalue weighted by Crippen LogP contribution is -2.21. The number of aryl methyl sites for hydroxylation is 1. The zero-order chi connectivity index (χ0) is 26.9. The van der Waals surface area contributed by atoms with Crippen LogP contribution < -0.4 is 4.90 Å². The summed E-state index contributed by atoms with van der Waals surface area (Å²) < 4.78 is 0. The van der Waals surface area contributed by atoms with Crippen molar-refractivity contribution in [1.82, 2.24) is 0 Å². The van der Waals surface area contributed by atoms with Crippen LogP contribution in [-0.2, 0) is 6.42 Å². The van der Waals surface area contributed by atoms with E-state index in [0.29, 0.717) is 0 Å². The maximum absolute atomic E-state index is 2.39. The number of hydrogen-bond acceptors (Lipinski definition) is 2. The molecule has 0 aliphatic heterocycles. The molecule has 3 rings (SSSR count). The number of unbranched alkanes of at least 4 members (excludes halogenated alkanes) is 1. The van der Waals surface area contributed by atoms with Gasteiger partial charge in [-0.05, 0) is 93.1 Å². The number of anilines is 1. The van der Waals surface area contributed by atoms with Gasteiger partial charge in [0, 0.05) is 28.5 Å².